The van der Waals surface area contributed by atoms with E-state index in [9.17, 15) is 0 Å². The van der Waals surface area contributed by atoms with Crippen LogP contribution >= 0.6 is 0 Å². The summed E-state index contributed by atoms with van der Waals surface area (Å²) in [5.41, 5.74) is 15.7. The van der Waals surface area contributed by atoms with Crippen LogP contribution in [0.25, 0.3) is 34.4 Å². The molecule has 0 N–H and O–H groups in total. The van der Waals surface area contributed by atoms with E-state index in [1.807, 2.05) is 0 Å². The van der Waals surface area contributed by atoms with E-state index in [1.165, 1.54) is 60.8 Å². The van der Waals surface area contributed by atoms with Crippen LogP contribution in [-0.4, -0.2) is 0 Å². The summed E-state index contributed by atoms with van der Waals surface area (Å²) in [4.78, 5) is 0. The van der Waals surface area contributed by atoms with Crippen molar-refractivity contribution in [3.63, 3.8) is 0 Å². The Morgan fingerprint density at radius 3 is 1.32 bits per heavy atom. The predicted molar refractivity (Wildman–Crippen MR) is 190 cm³/mol. The fraction of sp³-hybridized carbons (Fsp3) is 0.364. The average Bonchev–Trinajstić information content (AvgIpc) is 3.33. The molecule has 0 nitrogen and oxygen atoms in total. The third-order valence-corrected chi connectivity index (χ3v) is 22.5. The molecule has 1 heterocycles. The van der Waals surface area contributed by atoms with Crippen molar-refractivity contribution < 1.29 is 41.4 Å². The van der Waals surface area contributed by atoms with Gasteiger partial charge in [-0.2, -0.15) is 0 Å². The van der Waals surface area contributed by atoms with E-state index in [-0.39, 0.29) is 24.8 Å². The molecule has 0 amide bonds. The van der Waals surface area contributed by atoms with Crippen molar-refractivity contribution in [3.8, 4) is 22.3 Å². The van der Waals surface area contributed by atoms with Crippen LogP contribution in [-0.2, 0) is 16.6 Å². The molecule has 4 unspecified atom stereocenters. The number of benzene rings is 4. The Bertz CT molecular complexity index is 1650. The molecule has 8 rings (SSSR count). The van der Waals surface area contributed by atoms with E-state index in [0.717, 1.165) is 8.45 Å². The largest absolute Gasteiger partial charge is 1.00 e. The van der Waals surface area contributed by atoms with Crippen molar-refractivity contribution in [3.05, 3.63) is 130 Å². The molecule has 0 aromatic heterocycles. The topological polar surface area (TPSA) is 0 Å². The first-order valence-corrected chi connectivity index (χ1v) is 21.4. The fourth-order valence-corrected chi connectivity index (χ4v) is 24.5. The summed E-state index contributed by atoms with van der Waals surface area (Å²) < 4.78 is 3.31. The van der Waals surface area contributed by atoms with Crippen LogP contribution in [0.15, 0.2) is 108 Å². The van der Waals surface area contributed by atoms with Gasteiger partial charge in [0.1, 0.15) is 0 Å². The molecule has 0 bridgehead atoms. The number of hydrogen-bond acceptors (Lipinski definition) is 0. The third-order valence-electron chi connectivity index (χ3n) is 11.7. The van der Waals surface area contributed by atoms with Gasteiger partial charge in [-0.05, 0) is 0 Å². The van der Waals surface area contributed by atoms with E-state index in [0.29, 0.717) is 20.3 Å². The zero-order valence-electron chi connectivity index (χ0n) is 28.4. The standard InChI is InChI=1S/2C19H19.C6H10.2ClH.Ti/c2*1-14(2)11-15-12-17-9-6-10-18(19(17)13-15)16-7-4-3-5-8-16;1-2-4-6-5-3-1;;;/h2*3-10,12-14H,11H2,1-2H3;1-2H,3-6H2;2*1H;/q;;;;;+2/p-2. The quantitative estimate of drug-likeness (QED) is 0.174. The molecule has 3 aliphatic carbocycles. The van der Waals surface area contributed by atoms with Crippen molar-refractivity contribution in [2.24, 2.45) is 11.8 Å². The fourth-order valence-electron chi connectivity index (χ4n) is 10.4. The van der Waals surface area contributed by atoms with E-state index >= 15 is 0 Å². The smallest absolute Gasteiger partial charge is 1.00 e. The minimum atomic E-state index is -2.69. The number of halogens is 2. The monoisotopic (exact) mass is 694 g/mol. The molecule has 4 aliphatic rings. The van der Waals surface area contributed by atoms with Crippen LogP contribution in [0.3, 0.4) is 0 Å². The van der Waals surface area contributed by atoms with Gasteiger partial charge < -0.3 is 24.8 Å². The summed E-state index contributed by atoms with van der Waals surface area (Å²) in [7, 11) is 0. The molecule has 47 heavy (non-hydrogen) atoms. The Morgan fingerprint density at radius 1 is 0.532 bits per heavy atom. The summed E-state index contributed by atoms with van der Waals surface area (Å²) in [5, 5.41) is 0. The molecular formula is C44H48Cl2Ti. The summed E-state index contributed by atoms with van der Waals surface area (Å²) >= 11 is -2.69. The van der Waals surface area contributed by atoms with Gasteiger partial charge in [-0.1, -0.05) is 0 Å². The van der Waals surface area contributed by atoms with Crippen LogP contribution in [0.5, 0.6) is 0 Å². The van der Waals surface area contributed by atoms with Gasteiger partial charge in [0, 0.05) is 0 Å². The molecule has 1 saturated carbocycles. The van der Waals surface area contributed by atoms with Crippen LogP contribution < -0.4 is 24.8 Å². The van der Waals surface area contributed by atoms with Gasteiger partial charge in [0.25, 0.3) is 0 Å². The summed E-state index contributed by atoms with van der Waals surface area (Å²) in [6.07, 6.45) is 13.7. The Hall–Kier alpha value is -2.35. The molecule has 1 aliphatic heterocycles. The molecule has 4 atom stereocenters. The first-order valence-electron chi connectivity index (χ1n) is 17.8. The van der Waals surface area contributed by atoms with Gasteiger partial charge in [-0.25, -0.2) is 0 Å². The third kappa shape index (κ3) is 5.76. The summed E-state index contributed by atoms with van der Waals surface area (Å²) in [6, 6.07) is 37.1. The molecule has 4 aromatic rings. The van der Waals surface area contributed by atoms with Crippen molar-refractivity contribution >= 4 is 12.2 Å². The van der Waals surface area contributed by atoms with Gasteiger partial charge in [0.15, 0.2) is 0 Å². The average molecular weight is 696 g/mol. The Morgan fingerprint density at radius 2 is 0.936 bits per heavy atom. The van der Waals surface area contributed by atoms with Gasteiger partial charge >= 0.3 is 276 Å². The van der Waals surface area contributed by atoms with Crippen LogP contribution in [0, 0.1) is 11.8 Å². The maximum absolute atomic E-state index is 2.71. The second-order valence-electron chi connectivity index (χ2n) is 15.3. The zero-order chi connectivity index (χ0) is 30.7. The Kier molecular flexibility index (Phi) is 10.2. The predicted octanol–water partition coefficient (Wildman–Crippen LogP) is 7.02. The van der Waals surface area contributed by atoms with E-state index in [2.05, 4.69) is 137 Å². The normalized spacial score (nSPS) is 23.9. The first kappa shape index (κ1) is 34.5. The van der Waals surface area contributed by atoms with Gasteiger partial charge in [0.05, 0.1) is 0 Å². The molecule has 3 heteroatoms. The first-order chi connectivity index (χ1) is 22.0. The number of rotatable bonds is 8. The van der Waals surface area contributed by atoms with Crippen molar-refractivity contribution in [2.45, 2.75) is 83.1 Å². The van der Waals surface area contributed by atoms with Crippen LogP contribution in [0.2, 0.25) is 8.45 Å². The zero-order valence-corrected chi connectivity index (χ0v) is 31.4. The van der Waals surface area contributed by atoms with E-state index in [1.54, 1.807) is 33.4 Å². The Balaban J connectivity index is 0.00000193. The second kappa shape index (κ2) is 13.9. The Labute approximate surface area is 299 Å². The number of allylic oxidation sites excluding steroid dienone is 2. The van der Waals surface area contributed by atoms with Crippen molar-refractivity contribution in [2.75, 3.05) is 0 Å². The SMILES string of the molecule is CC(C)CC1=Cc2c(-c3ccccc3)cccc2[CH]1[Ti+2]1([CH]2C(CC(C)C)=Cc3c(-c4ccccc4)cccc32)[CH]2CCCC[CH]21.[Cl-].[Cl-]. The molecule has 1 saturated heterocycles. The molecule has 242 valence electrons. The maximum atomic E-state index is 2.71. The molecule has 2 fully saturated rings. The number of fused-ring (bicyclic) bond motifs is 3. The summed E-state index contributed by atoms with van der Waals surface area (Å²) in [6.45, 7) is 9.78. The van der Waals surface area contributed by atoms with Crippen molar-refractivity contribution in [1.82, 2.24) is 0 Å². The molecule has 4 aromatic carbocycles. The van der Waals surface area contributed by atoms with Gasteiger partial charge in [-0.15, -0.1) is 0 Å². The molecule has 0 radical (unpaired) electrons. The second-order valence-corrected chi connectivity index (χ2v) is 22.6. The molecule has 0 spiro atoms. The van der Waals surface area contributed by atoms with Crippen LogP contribution in [0.4, 0.5) is 0 Å². The minimum Gasteiger partial charge on any atom is -1.00 e. The van der Waals surface area contributed by atoms with Gasteiger partial charge in [0.2, 0.25) is 0 Å². The maximum Gasteiger partial charge on any atom is -1.00 e. The van der Waals surface area contributed by atoms with E-state index in [4.69, 9.17) is 0 Å². The minimum absolute atomic E-state index is 0. The van der Waals surface area contributed by atoms with Crippen LogP contribution in [0.1, 0.15) is 96.9 Å². The molecular weight excluding hydrogens is 647 g/mol. The van der Waals surface area contributed by atoms with E-state index < -0.39 is 16.6 Å². The van der Waals surface area contributed by atoms with Crippen molar-refractivity contribution in [1.29, 1.82) is 0 Å². The van der Waals surface area contributed by atoms with Gasteiger partial charge in [-0.3, -0.25) is 0 Å². The number of hydrogen-bond donors (Lipinski definition) is 0. The summed E-state index contributed by atoms with van der Waals surface area (Å²) in [5.74, 6) is 1.33.